The number of imide groups is 2. The fourth-order valence-corrected chi connectivity index (χ4v) is 13.2. The van der Waals surface area contributed by atoms with E-state index < -0.39 is 23.8 Å². The van der Waals surface area contributed by atoms with Crippen LogP contribution in [0, 0.1) is 53.3 Å². The highest BCUT2D eigenvalue weighted by Crippen LogP contribution is 2.54. The number of hydrogen-bond acceptors (Lipinski definition) is 14. The molecule has 448 valence electrons. The lowest BCUT2D eigenvalue weighted by Crippen LogP contribution is -2.32. The minimum absolute atomic E-state index is 0.119. The van der Waals surface area contributed by atoms with Crippen molar-refractivity contribution in [2.45, 2.75) is 26.2 Å². The number of benzene rings is 7. The average molecular weight is 1200 g/mol. The zero-order valence-electron chi connectivity index (χ0n) is 48.5. The summed E-state index contributed by atoms with van der Waals surface area (Å²) in [6, 6.07) is 42.5. The van der Waals surface area contributed by atoms with E-state index in [-0.39, 0.29) is 117 Å². The van der Waals surface area contributed by atoms with Crippen molar-refractivity contribution in [3.8, 4) is 23.0 Å². The maximum atomic E-state index is 13.1. The van der Waals surface area contributed by atoms with Crippen molar-refractivity contribution in [3.63, 3.8) is 0 Å². The molecule has 5 aliphatic carbocycles. The number of nitrogens with one attached hydrogen (secondary N) is 2. The van der Waals surface area contributed by atoms with Gasteiger partial charge in [0, 0.05) is 22.5 Å². The summed E-state index contributed by atoms with van der Waals surface area (Å²) in [5.41, 5.74) is 3.46. The summed E-state index contributed by atoms with van der Waals surface area (Å²) in [6.07, 6.45) is 15.3. The highest BCUT2D eigenvalue weighted by atomic mass is 16.5. The zero-order chi connectivity index (χ0) is 62.5. The first-order valence-corrected chi connectivity index (χ1v) is 29.4. The lowest BCUT2D eigenvalue weighted by atomic mass is 9.85. The second-order valence-electron chi connectivity index (χ2n) is 23.2. The Morgan fingerprint density at radius 2 is 0.889 bits per heavy atom. The van der Waals surface area contributed by atoms with Gasteiger partial charge >= 0.3 is 17.9 Å². The topological polar surface area (TPSA) is 238 Å². The quantitative estimate of drug-likeness (QED) is 0.0339. The van der Waals surface area contributed by atoms with Gasteiger partial charge in [-0.25, -0.2) is 14.4 Å². The summed E-state index contributed by atoms with van der Waals surface area (Å²) < 4.78 is 21.8. The zero-order valence-corrected chi connectivity index (χ0v) is 48.5. The molecule has 7 aliphatic rings. The van der Waals surface area contributed by atoms with Crippen LogP contribution in [-0.2, 0) is 28.8 Å². The fraction of sp³-hybridized carbons (Fsp3) is 0.194. The third-order valence-electron chi connectivity index (χ3n) is 17.7. The van der Waals surface area contributed by atoms with Crippen LogP contribution in [0.25, 0.3) is 10.8 Å². The van der Waals surface area contributed by atoms with Crippen LogP contribution >= 0.6 is 0 Å². The first-order valence-electron chi connectivity index (χ1n) is 29.4. The Bertz CT molecular complexity index is 4240. The van der Waals surface area contributed by atoms with Crippen LogP contribution in [-0.4, -0.2) is 66.2 Å². The van der Waals surface area contributed by atoms with Gasteiger partial charge < -0.3 is 29.6 Å². The van der Waals surface area contributed by atoms with Gasteiger partial charge in [-0.2, -0.15) is 0 Å². The van der Waals surface area contributed by atoms with Gasteiger partial charge in [0.1, 0.15) is 23.0 Å². The van der Waals surface area contributed by atoms with Crippen LogP contribution in [0.5, 0.6) is 23.0 Å². The standard InChI is InChI=1S/C41H32N2O8.C31H24N2O6/c1-49-33-15-9-25-22-34(16-10-24(25)21-33)51-41(48)29-4-2-3-28(20-29)37(44)42-30-11-17-32(18-12-30)50-40(47)23-7-13-31(14-8-23)43-38(45)35-26-5-6-27(19-26)36(35)39(43)46;1-17(34)19-3-2-4-22(15-19)28(35)32-23-9-13-25(14-10-23)39-31(38)18-7-11-24(12-8-18)33-29(36)26-20-5-6-21(16-20)27(26)30(33)37/h2,4-18,20-22,26-28,35-36H,3,19H2,1H3,(H,42,44);2-15,20-21,26-27H,16H2,1H3,(H,32,35). The van der Waals surface area contributed by atoms with Crippen LogP contribution in [0.3, 0.4) is 0 Å². The number of ketones is 1. The molecule has 2 saturated carbocycles. The summed E-state index contributed by atoms with van der Waals surface area (Å²) >= 11 is 0. The van der Waals surface area contributed by atoms with E-state index in [2.05, 4.69) is 22.8 Å². The molecule has 0 aromatic heterocycles. The third kappa shape index (κ3) is 11.2. The smallest absolute Gasteiger partial charge is 0.343 e. The van der Waals surface area contributed by atoms with Gasteiger partial charge in [0.05, 0.1) is 64.8 Å². The number of rotatable bonds is 14. The van der Waals surface area contributed by atoms with E-state index >= 15 is 0 Å². The number of methoxy groups -OCH3 is 1. The number of allylic oxidation sites excluding steroid dienone is 5. The fourth-order valence-electron chi connectivity index (χ4n) is 13.2. The molecule has 2 saturated heterocycles. The normalized spacial score (nSPS) is 22.8. The Balaban J connectivity index is 0.000000171. The highest BCUT2D eigenvalue weighted by Gasteiger charge is 2.61. The number of hydrogen-bond donors (Lipinski definition) is 2. The van der Waals surface area contributed by atoms with E-state index in [1.807, 2.05) is 36.4 Å². The molecule has 6 amide bonds. The molecule has 18 heteroatoms. The van der Waals surface area contributed by atoms with Crippen molar-refractivity contribution in [1.29, 1.82) is 0 Å². The molecule has 7 aromatic carbocycles. The molecule has 0 spiro atoms. The SMILES string of the molecule is CC(=O)c1cccc(C(=O)Nc2ccc(OC(=O)c3ccc(N4C(=O)C5C6C=CC(C6)C5C4=O)cc3)cc2)c1.COc1ccc2cc(OC(=O)C3=CC(C(=O)Nc4ccc(OC(=O)c5ccc(N6C(=O)C7C8C=CC(C8)C7C6=O)cc5)cc4)CC=C3)ccc2c1. The van der Waals surface area contributed by atoms with Crippen molar-refractivity contribution in [1.82, 2.24) is 0 Å². The molecule has 7 aromatic rings. The molecule has 4 fully saturated rings. The average Bonchev–Trinajstić information content (AvgIpc) is 1.58. The molecule has 2 N–H and O–H groups in total. The minimum atomic E-state index is -0.612. The monoisotopic (exact) mass is 1200 g/mol. The number of ether oxygens (including phenoxy) is 4. The van der Waals surface area contributed by atoms with Crippen LogP contribution in [0.15, 0.2) is 206 Å². The molecule has 0 radical (unpaired) electrons. The Hall–Kier alpha value is -11.1. The first kappa shape index (κ1) is 57.9. The molecular weight excluding hydrogens is 1140 g/mol. The largest absolute Gasteiger partial charge is 0.497 e. The summed E-state index contributed by atoms with van der Waals surface area (Å²) in [4.78, 5) is 130. The van der Waals surface area contributed by atoms with E-state index in [4.69, 9.17) is 18.9 Å². The van der Waals surface area contributed by atoms with Gasteiger partial charge in [0.25, 0.3) is 5.91 Å². The summed E-state index contributed by atoms with van der Waals surface area (Å²) in [5, 5.41) is 7.43. The second-order valence-corrected chi connectivity index (χ2v) is 23.2. The lowest BCUT2D eigenvalue weighted by molar-refractivity contribution is -0.130. The number of Topliss-reactive ketones (excluding diaryl/α,β-unsaturated/α-hetero) is 1. The maximum absolute atomic E-state index is 13.1. The van der Waals surface area contributed by atoms with Crippen LogP contribution in [0.1, 0.15) is 67.6 Å². The van der Waals surface area contributed by atoms with Crippen molar-refractivity contribution in [3.05, 3.63) is 228 Å². The van der Waals surface area contributed by atoms with Crippen LogP contribution in [0.4, 0.5) is 22.7 Å². The number of carbonyl (C=O) groups excluding carboxylic acids is 10. The predicted octanol–water partition coefficient (Wildman–Crippen LogP) is 11.1. The maximum Gasteiger partial charge on any atom is 0.343 e. The van der Waals surface area contributed by atoms with Gasteiger partial charge in [0.2, 0.25) is 29.5 Å². The molecule has 9 unspecified atom stereocenters. The molecule has 90 heavy (non-hydrogen) atoms. The predicted molar refractivity (Wildman–Crippen MR) is 331 cm³/mol. The molecule has 14 rings (SSSR count). The number of nitrogens with zero attached hydrogens (tertiary/aromatic N) is 2. The molecule has 2 heterocycles. The van der Waals surface area contributed by atoms with Crippen molar-refractivity contribution >= 4 is 92.7 Å². The van der Waals surface area contributed by atoms with E-state index in [9.17, 15) is 47.9 Å². The number of amides is 6. The molecule has 9 atom stereocenters. The Morgan fingerprint density at radius 1 is 0.456 bits per heavy atom. The van der Waals surface area contributed by atoms with Crippen molar-refractivity contribution < 1.29 is 66.9 Å². The molecular formula is C72H56N4O14. The van der Waals surface area contributed by atoms with E-state index in [0.717, 1.165) is 29.4 Å². The molecule has 4 bridgehead atoms. The van der Waals surface area contributed by atoms with Crippen molar-refractivity contribution in [2.75, 3.05) is 27.5 Å². The lowest BCUT2D eigenvalue weighted by Gasteiger charge is -2.17. The number of fused-ring (bicyclic) bond motifs is 11. The van der Waals surface area contributed by atoms with Gasteiger partial charge in [-0.05, 0) is 194 Å². The summed E-state index contributed by atoms with van der Waals surface area (Å²) in [7, 11) is 1.60. The van der Waals surface area contributed by atoms with Gasteiger partial charge in [-0.1, -0.05) is 66.8 Å². The Kier molecular flexibility index (Phi) is 15.3. The van der Waals surface area contributed by atoms with Gasteiger partial charge in [0.15, 0.2) is 5.78 Å². The Morgan fingerprint density at radius 3 is 1.37 bits per heavy atom. The van der Waals surface area contributed by atoms with E-state index in [0.29, 0.717) is 46.0 Å². The van der Waals surface area contributed by atoms with E-state index in [1.165, 1.54) is 47.1 Å². The number of carbonyl (C=O) groups is 10. The Labute approximate surface area is 515 Å². The summed E-state index contributed by atoms with van der Waals surface area (Å²) in [6.45, 7) is 1.44. The number of esters is 3. The van der Waals surface area contributed by atoms with Gasteiger partial charge in [-0.15, -0.1) is 0 Å². The first-order chi connectivity index (χ1) is 43.5. The molecule has 2 aliphatic heterocycles. The molecule has 18 nitrogen and oxygen atoms in total. The number of anilines is 4. The van der Waals surface area contributed by atoms with Crippen LogP contribution in [0.2, 0.25) is 0 Å². The van der Waals surface area contributed by atoms with Crippen molar-refractivity contribution in [2.24, 2.45) is 53.3 Å². The van der Waals surface area contributed by atoms with E-state index in [1.54, 1.807) is 128 Å². The summed E-state index contributed by atoms with van der Waals surface area (Å²) in [5.74, 6) is -2.87. The highest BCUT2D eigenvalue weighted by molar-refractivity contribution is 6.24. The van der Waals surface area contributed by atoms with Gasteiger partial charge in [-0.3, -0.25) is 43.4 Å². The second kappa shape index (κ2) is 23.9. The van der Waals surface area contributed by atoms with Crippen LogP contribution < -0.4 is 39.4 Å². The minimum Gasteiger partial charge on any atom is -0.497 e. The third-order valence-corrected chi connectivity index (χ3v) is 17.7.